The Kier molecular flexibility index (Phi) is 4.52. The van der Waals surface area contributed by atoms with Crippen molar-refractivity contribution in [2.45, 2.75) is 19.8 Å². The van der Waals surface area contributed by atoms with Crippen LogP contribution in [-0.4, -0.2) is 31.8 Å². The fraction of sp³-hybridized carbons (Fsp3) is 0.462. The lowest BCUT2D eigenvalue weighted by Crippen LogP contribution is -2.24. The molecule has 0 saturated carbocycles. The summed E-state index contributed by atoms with van der Waals surface area (Å²) in [6.45, 7) is 4.24. The zero-order valence-electron chi connectivity index (χ0n) is 10.7. The Bertz CT molecular complexity index is 415. The van der Waals surface area contributed by atoms with E-state index in [1.165, 1.54) is 0 Å². The van der Waals surface area contributed by atoms with Crippen molar-refractivity contribution in [1.29, 1.82) is 0 Å². The third-order valence-corrected chi connectivity index (χ3v) is 2.87. The van der Waals surface area contributed by atoms with Crippen molar-refractivity contribution in [3.05, 3.63) is 28.8 Å². The molecule has 1 aromatic rings. The molecular weight excluding hydrogens is 218 g/mol. The maximum Gasteiger partial charge on any atom is 0.312 e. The molecule has 0 aromatic heterocycles. The highest BCUT2D eigenvalue weighted by atomic mass is 16.5. The van der Waals surface area contributed by atoms with Crippen LogP contribution in [-0.2, 0) is 4.79 Å². The minimum atomic E-state index is -0.813. The van der Waals surface area contributed by atoms with Gasteiger partial charge in [-0.3, -0.25) is 4.79 Å². The number of nitrogens with one attached hydrogen (secondary N) is 1. The highest BCUT2D eigenvalue weighted by Crippen LogP contribution is 2.27. The van der Waals surface area contributed by atoms with E-state index in [1.807, 2.05) is 26.0 Å². The number of aliphatic carboxylic acids is 1. The average molecular weight is 237 g/mol. The number of carboxylic acid groups (broad SMARTS) is 1. The third-order valence-electron chi connectivity index (χ3n) is 2.87. The van der Waals surface area contributed by atoms with Crippen LogP contribution in [0.1, 0.15) is 22.6 Å². The van der Waals surface area contributed by atoms with E-state index in [9.17, 15) is 9.90 Å². The molecule has 0 heterocycles. The first-order chi connectivity index (χ1) is 8.01. The molecule has 1 rings (SSSR count). The molecule has 0 bridgehead atoms. The molecule has 4 nitrogen and oxygen atoms in total. The topological polar surface area (TPSA) is 58.6 Å². The van der Waals surface area contributed by atoms with Crippen molar-refractivity contribution >= 4 is 5.97 Å². The molecule has 0 aliphatic heterocycles. The number of carbonyl (C=O) groups is 1. The lowest BCUT2D eigenvalue weighted by atomic mass is 9.92. The predicted octanol–water partition coefficient (Wildman–Crippen LogP) is 1.70. The second-order valence-corrected chi connectivity index (χ2v) is 4.13. The van der Waals surface area contributed by atoms with Gasteiger partial charge in [-0.15, -0.1) is 0 Å². The van der Waals surface area contributed by atoms with Gasteiger partial charge in [0.25, 0.3) is 0 Å². The second-order valence-electron chi connectivity index (χ2n) is 4.13. The lowest BCUT2D eigenvalue weighted by Gasteiger charge is -2.17. The number of ether oxygens (including phenoxy) is 1. The van der Waals surface area contributed by atoms with E-state index < -0.39 is 11.9 Å². The van der Waals surface area contributed by atoms with Crippen LogP contribution in [0.5, 0.6) is 5.75 Å². The van der Waals surface area contributed by atoms with E-state index in [4.69, 9.17) is 4.74 Å². The molecule has 0 amide bonds. The molecule has 1 unspecified atom stereocenters. The Hall–Kier alpha value is -1.55. The van der Waals surface area contributed by atoms with Crippen molar-refractivity contribution in [3.8, 4) is 5.75 Å². The zero-order valence-corrected chi connectivity index (χ0v) is 10.7. The maximum atomic E-state index is 11.2. The van der Waals surface area contributed by atoms with Gasteiger partial charge in [-0.2, -0.15) is 0 Å². The number of hydrogen-bond donors (Lipinski definition) is 2. The van der Waals surface area contributed by atoms with Crippen molar-refractivity contribution in [3.63, 3.8) is 0 Å². The summed E-state index contributed by atoms with van der Waals surface area (Å²) in [5, 5.41) is 12.1. The molecule has 1 aromatic carbocycles. The first-order valence-corrected chi connectivity index (χ1v) is 5.53. The summed E-state index contributed by atoms with van der Waals surface area (Å²) in [5.41, 5.74) is 2.73. The molecule has 0 aliphatic rings. The Morgan fingerprint density at radius 1 is 1.41 bits per heavy atom. The van der Waals surface area contributed by atoms with Gasteiger partial charge in [0.05, 0.1) is 13.0 Å². The number of benzene rings is 1. The Balaban J connectivity index is 3.20. The van der Waals surface area contributed by atoms with Gasteiger partial charge in [0.15, 0.2) is 0 Å². The summed E-state index contributed by atoms with van der Waals surface area (Å²) in [6, 6.07) is 3.78. The van der Waals surface area contributed by atoms with Crippen LogP contribution in [0.2, 0.25) is 0 Å². The lowest BCUT2D eigenvalue weighted by molar-refractivity contribution is -0.138. The first kappa shape index (κ1) is 13.5. The quantitative estimate of drug-likeness (QED) is 0.818. The van der Waals surface area contributed by atoms with Crippen LogP contribution in [0.15, 0.2) is 12.1 Å². The van der Waals surface area contributed by atoms with Gasteiger partial charge in [-0.1, -0.05) is 6.07 Å². The van der Waals surface area contributed by atoms with Gasteiger partial charge in [0.1, 0.15) is 5.75 Å². The monoisotopic (exact) mass is 237 g/mol. The molecule has 4 heteroatoms. The van der Waals surface area contributed by atoms with Crippen LogP contribution in [0.3, 0.4) is 0 Å². The number of methoxy groups -OCH3 is 1. The number of carboxylic acids is 1. The minimum Gasteiger partial charge on any atom is -0.496 e. The fourth-order valence-corrected chi connectivity index (χ4v) is 1.94. The molecule has 0 fully saturated rings. The SMILES string of the molecule is CNCC(C(=O)O)c1cc(C)c(OC)cc1C. The van der Waals surface area contributed by atoms with E-state index in [2.05, 4.69) is 5.32 Å². The van der Waals surface area contributed by atoms with E-state index >= 15 is 0 Å². The van der Waals surface area contributed by atoms with Gasteiger partial charge in [-0.25, -0.2) is 0 Å². The largest absolute Gasteiger partial charge is 0.496 e. The highest BCUT2D eigenvalue weighted by Gasteiger charge is 2.21. The third kappa shape index (κ3) is 2.97. The Morgan fingerprint density at radius 2 is 2.06 bits per heavy atom. The first-order valence-electron chi connectivity index (χ1n) is 5.53. The van der Waals surface area contributed by atoms with Gasteiger partial charge in [0.2, 0.25) is 0 Å². The Labute approximate surface area is 102 Å². The zero-order chi connectivity index (χ0) is 13.0. The second kappa shape index (κ2) is 5.68. The van der Waals surface area contributed by atoms with Crippen molar-refractivity contribution in [2.75, 3.05) is 20.7 Å². The van der Waals surface area contributed by atoms with E-state index in [0.29, 0.717) is 6.54 Å². The molecule has 17 heavy (non-hydrogen) atoms. The summed E-state index contributed by atoms with van der Waals surface area (Å²) in [4.78, 5) is 11.2. The summed E-state index contributed by atoms with van der Waals surface area (Å²) >= 11 is 0. The normalized spacial score (nSPS) is 12.2. The van der Waals surface area contributed by atoms with Crippen LogP contribution in [0.25, 0.3) is 0 Å². The smallest absolute Gasteiger partial charge is 0.312 e. The fourth-order valence-electron chi connectivity index (χ4n) is 1.94. The predicted molar refractivity (Wildman–Crippen MR) is 66.8 cm³/mol. The van der Waals surface area contributed by atoms with Gasteiger partial charge in [-0.05, 0) is 43.7 Å². The van der Waals surface area contributed by atoms with Gasteiger partial charge in [0, 0.05) is 6.54 Å². The number of rotatable bonds is 5. The summed E-state index contributed by atoms with van der Waals surface area (Å²) < 4.78 is 5.22. The van der Waals surface area contributed by atoms with Crippen LogP contribution >= 0.6 is 0 Å². The number of hydrogen-bond acceptors (Lipinski definition) is 3. The van der Waals surface area contributed by atoms with Gasteiger partial charge >= 0.3 is 5.97 Å². The van der Waals surface area contributed by atoms with E-state index in [-0.39, 0.29) is 0 Å². The summed E-state index contributed by atoms with van der Waals surface area (Å²) in [7, 11) is 3.37. The Morgan fingerprint density at radius 3 is 2.53 bits per heavy atom. The molecule has 0 radical (unpaired) electrons. The molecular formula is C13H19NO3. The molecule has 2 N–H and O–H groups in total. The highest BCUT2D eigenvalue weighted by molar-refractivity contribution is 5.77. The van der Waals surface area contributed by atoms with Crippen LogP contribution in [0, 0.1) is 13.8 Å². The van der Waals surface area contributed by atoms with Crippen LogP contribution < -0.4 is 10.1 Å². The van der Waals surface area contributed by atoms with Crippen molar-refractivity contribution in [2.24, 2.45) is 0 Å². The van der Waals surface area contributed by atoms with E-state index in [1.54, 1.807) is 14.2 Å². The van der Waals surface area contributed by atoms with Crippen LogP contribution in [0.4, 0.5) is 0 Å². The van der Waals surface area contributed by atoms with Crippen molar-refractivity contribution < 1.29 is 14.6 Å². The average Bonchev–Trinajstić information content (AvgIpc) is 2.28. The molecule has 0 spiro atoms. The van der Waals surface area contributed by atoms with Gasteiger partial charge < -0.3 is 15.2 Å². The number of likely N-dealkylation sites (N-methyl/N-ethyl adjacent to an activating group) is 1. The molecule has 0 aliphatic carbocycles. The summed E-state index contributed by atoms with van der Waals surface area (Å²) in [5.74, 6) is -0.545. The standard InChI is InChI=1S/C13H19NO3/c1-8-6-12(17-4)9(2)5-10(8)11(7-14-3)13(15)16/h5-6,11,14H,7H2,1-4H3,(H,15,16). The molecule has 1 atom stereocenters. The maximum absolute atomic E-state index is 11.2. The minimum absolute atomic E-state index is 0.419. The molecule has 94 valence electrons. The van der Waals surface area contributed by atoms with E-state index in [0.717, 1.165) is 22.4 Å². The van der Waals surface area contributed by atoms with Crippen molar-refractivity contribution in [1.82, 2.24) is 5.32 Å². The summed E-state index contributed by atoms with van der Waals surface area (Å²) in [6.07, 6.45) is 0. The number of aryl methyl sites for hydroxylation is 2. The molecule has 0 saturated heterocycles.